The Morgan fingerprint density at radius 3 is 2.83 bits per heavy atom. The monoisotopic (exact) mass is 207 g/mol. The third-order valence-electron chi connectivity index (χ3n) is 2.24. The van der Waals surface area contributed by atoms with Gasteiger partial charge in [-0.2, -0.15) is 11.8 Å². The molecule has 1 N–H and O–H groups in total. The zero-order valence-corrected chi connectivity index (χ0v) is 9.26. The third-order valence-corrected chi connectivity index (χ3v) is 3.50. The van der Waals surface area contributed by atoms with Gasteiger partial charge in [-0.3, -0.25) is 0 Å². The van der Waals surface area contributed by atoms with Gasteiger partial charge in [-0.1, -0.05) is 6.92 Å². The van der Waals surface area contributed by atoms with Crippen molar-refractivity contribution in [2.24, 2.45) is 5.92 Å². The number of rotatable bonds is 6. The maximum absolute atomic E-state index is 5.87. The van der Waals surface area contributed by atoms with Crippen molar-refractivity contribution in [1.82, 2.24) is 5.32 Å². The maximum Gasteiger partial charge on any atom is 0.0342 e. The van der Waals surface area contributed by atoms with E-state index in [1.54, 1.807) is 0 Å². The summed E-state index contributed by atoms with van der Waals surface area (Å²) in [6.07, 6.45) is 2.44. The van der Waals surface area contributed by atoms with Gasteiger partial charge in [0.25, 0.3) is 0 Å². The number of halogens is 1. The van der Waals surface area contributed by atoms with E-state index >= 15 is 0 Å². The molecule has 12 heavy (non-hydrogen) atoms. The quantitative estimate of drug-likeness (QED) is 0.530. The first kappa shape index (κ1) is 10.7. The molecule has 1 fully saturated rings. The Labute approximate surface area is 84.6 Å². The van der Waals surface area contributed by atoms with Crippen LogP contribution in [-0.2, 0) is 0 Å². The molecule has 0 aromatic heterocycles. The van der Waals surface area contributed by atoms with E-state index < -0.39 is 0 Å². The standard InChI is InChI=1S/C9H18ClNS/c1-2-12-4-3-11-7-8-5-9(10)6-8/h8-9,11H,2-7H2,1H3. The Kier molecular flexibility index (Phi) is 5.44. The molecule has 3 heteroatoms. The Balaban J connectivity index is 1.77. The molecule has 0 atom stereocenters. The molecule has 0 aromatic rings. The highest BCUT2D eigenvalue weighted by Gasteiger charge is 2.26. The second-order valence-corrected chi connectivity index (χ2v) is 5.35. The van der Waals surface area contributed by atoms with Crippen LogP contribution in [0.25, 0.3) is 0 Å². The minimum absolute atomic E-state index is 0.474. The summed E-state index contributed by atoms with van der Waals surface area (Å²) in [6.45, 7) is 4.53. The van der Waals surface area contributed by atoms with E-state index in [0.29, 0.717) is 5.38 Å². The predicted molar refractivity (Wildman–Crippen MR) is 58.2 cm³/mol. The van der Waals surface area contributed by atoms with Crippen molar-refractivity contribution in [2.45, 2.75) is 25.1 Å². The van der Waals surface area contributed by atoms with Crippen LogP contribution in [-0.4, -0.2) is 30.0 Å². The van der Waals surface area contributed by atoms with Crippen molar-refractivity contribution in [3.63, 3.8) is 0 Å². The average Bonchev–Trinajstić information content (AvgIpc) is 2.00. The van der Waals surface area contributed by atoms with Gasteiger partial charge in [-0.15, -0.1) is 11.6 Å². The summed E-state index contributed by atoms with van der Waals surface area (Å²) in [6, 6.07) is 0. The second-order valence-electron chi connectivity index (χ2n) is 3.34. The van der Waals surface area contributed by atoms with Crippen LogP contribution >= 0.6 is 23.4 Å². The van der Waals surface area contributed by atoms with E-state index in [4.69, 9.17) is 11.6 Å². The van der Waals surface area contributed by atoms with Gasteiger partial charge in [0.2, 0.25) is 0 Å². The van der Waals surface area contributed by atoms with Gasteiger partial charge < -0.3 is 5.32 Å². The minimum Gasteiger partial charge on any atom is -0.316 e. The molecule has 1 aliphatic rings. The fourth-order valence-electron chi connectivity index (χ4n) is 1.42. The van der Waals surface area contributed by atoms with Gasteiger partial charge >= 0.3 is 0 Å². The zero-order chi connectivity index (χ0) is 8.81. The summed E-state index contributed by atoms with van der Waals surface area (Å²) in [7, 11) is 0. The van der Waals surface area contributed by atoms with Crippen LogP contribution in [0.5, 0.6) is 0 Å². The molecule has 1 saturated carbocycles. The van der Waals surface area contributed by atoms with Crippen LogP contribution in [0.1, 0.15) is 19.8 Å². The molecule has 0 unspecified atom stereocenters. The number of hydrogen-bond donors (Lipinski definition) is 1. The van der Waals surface area contributed by atoms with Crippen LogP contribution in [0.15, 0.2) is 0 Å². The fourth-order valence-corrected chi connectivity index (χ4v) is 2.50. The Hall–Kier alpha value is 0.600. The smallest absolute Gasteiger partial charge is 0.0342 e. The molecule has 0 spiro atoms. The molecule has 0 bridgehead atoms. The topological polar surface area (TPSA) is 12.0 Å². The van der Waals surface area contributed by atoms with Crippen LogP contribution in [0.2, 0.25) is 0 Å². The summed E-state index contributed by atoms with van der Waals surface area (Å²) in [4.78, 5) is 0. The fraction of sp³-hybridized carbons (Fsp3) is 1.00. The van der Waals surface area contributed by atoms with Crippen molar-refractivity contribution < 1.29 is 0 Å². The lowest BCUT2D eigenvalue weighted by Crippen LogP contribution is -2.34. The lowest BCUT2D eigenvalue weighted by Gasteiger charge is -2.30. The molecule has 0 aliphatic heterocycles. The van der Waals surface area contributed by atoms with Gasteiger partial charge in [0.05, 0.1) is 0 Å². The number of nitrogens with one attached hydrogen (secondary N) is 1. The molecule has 0 radical (unpaired) electrons. The Morgan fingerprint density at radius 2 is 2.25 bits per heavy atom. The molecular weight excluding hydrogens is 190 g/mol. The SMILES string of the molecule is CCSCCNCC1CC(Cl)C1. The summed E-state index contributed by atoms with van der Waals surface area (Å²) in [5.41, 5.74) is 0. The largest absolute Gasteiger partial charge is 0.316 e. The van der Waals surface area contributed by atoms with Crippen LogP contribution < -0.4 is 5.32 Å². The van der Waals surface area contributed by atoms with E-state index in [2.05, 4.69) is 12.2 Å². The number of thioether (sulfide) groups is 1. The lowest BCUT2D eigenvalue weighted by atomic mass is 9.85. The third kappa shape index (κ3) is 4.01. The lowest BCUT2D eigenvalue weighted by molar-refractivity contribution is 0.311. The number of alkyl halides is 1. The number of hydrogen-bond acceptors (Lipinski definition) is 2. The molecule has 0 heterocycles. The van der Waals surface area contributed by atoms with E-state index in [9.17, 15) is 0 Å². The highest BCUT2D eigenvalue weighted by Crippen LogP contribution is 2.30. The molecular formula is C9H18ClNS. The van der Waals surface area contributed by atoms with Gasteiger partial charge in [0.15, 0.2) is 0 Å². The molecule has 1 aliphatic carbocycles. The average molecular weight is 208 g/mol. The van der Waals surface area contributed by atoms with Gasteiger partial charge in [-0.05, 0) is 31.1 Å². The van der Waals surface area contributed by atoms with Crippen molar-refractivity contribution in [2.75, 3.05) is 24.6 Å². The predicted octanol–water partition coefficient (Wildman–Crippen LogP) is 2.35. The summed E-state index contributed by atoms with van der Waals surface area (Å²) in [5, 5.41) is 3.94. The molecule has 0 aromatic carbocycles. The summed E-state index contributed by atoms with van der Waals surface area (Å²) >= 11 is 7.87. The first-order valence-electron chi connectivity index (χ1n) is 4.75. The van der Waals surface area contributed by atoms with Crippen molar-refractivity contribution in [1.29, 1.82) is 0 Å². The first-order chi connectivity index (χ1) is 5.83. The van der Waals surface area contributed by atoms with E-state index in [1.807, 2.05) is 11.8 Å². The van der Waals surface area contributed by atoms with E-state index in [-0.39, 0.29) is 0 Å². The van der Waals surface area contributed by atoms with Crippen molar-refractivity contribution in [3.8, 4) is 0 Å². The van der Waals surface area contributed by atoms with Gasteiger partial charge in [-0.25, -0.2) is 0 Å². The van der Waals surface area contributed by atoms with Crippen LogP contribution in [0.3, 0.4) is 0 Å². The first-order valence-corrected chi connectivity index (χ1v) is 6.34. The highest BCUT2D eigenvalue weighted by atomic mass is 35.5. The van der Waals surface area contributed by atoms with Crippen LogP contribution in [0, 0.1) is 5.92 Å². The summed E-state index contributed by atoms with van der Waals surface area (Å²) < 4.78 is 0. The van der Waals surface area contributed by atoms with E-state index in [1.165, 1.54) is 30.9 Å². The van der Waals surface area contributed by atoms with Crippen LogP contribution in [0.4, 0.5) is 0 Å². The van der Waals surface area contributed by atoms with E-state index in [0.717, 1.165) is 12.5 Å². The molecule has 72 valence electrons. The summed E-state index contributed by atoms with van der Waals surface area (Å²) in [5.74, 6) is 3.33. The molecule has 0 saturated heterocycles. The molecule has 0 amide bonds. The Morgan fingerprint density at radius 1 is 1.50 bits per heavy atom. The van der Waals surface area contributed by atoms with Gasteiger partial charge in [0.1, 0.15) is 0 Å². The molecule has 1 nitrogen and oxygen atoms in total. The molecule has 1 rings (SSSR count). The van der Waals surface area contributed by atoms with Gasteiger partial charge in [0, 0.05) is 17.7 Å². The minimum atomic E-state index is 0.474. The second kappa shape index (κ2) is 6.11. The normalized spacial score (nSPS) is 28.5. The highest BCUT2D eigenvalue weighted by molar-refractivity contribution is 7.99. The Bertz CT molecular complexity index is 115. The van der Waals surface area contributed by atoms with Crippen molar-refractivity contribution >= 4 is 23.4 Å². The van der Waals surface area contributed by atoms with Crippen molar-refractivity contribution in [3.05, 3.63) is 0 Å². The maximum atomic E-state index is 5.87. The zero-order valence-electron chi connectivity index (χ0n) is 7.68.